The molecule has 3 nitrogen and oxygen atoms in total. The monoisotopic (exact) mass is 305 g/mol. The third kappa shape index (κ3) is 3.86. The molecule has 0 radical (unpaired) electrons. The van der Waals surface area contributed by atoms with Crippen molar-refractivity contribution in [3.05, 3.63) is 29.6 Å². The summed E-state index contributed by atoms with van der Waals surface area (Å²) in [6.45, 7) is 0. The van der Waals surface area contributed by atoms with Gasteiger partial charge in [-0.1, -0.05) is 0 Å². The van der Waals surface area contributed by atoms with Crippen molar-refractivity contribution in [1.29, 1.82) is 0 Å². The molecule has 2 N–H and O–H groups in total. The van der Waals surface area contributed by atoms with E-state index in [0.717, 1.165) is 18.2 Å². The maximum absolute atomic E-state index is 13.6. The molecule has 0 heterocycles. The van der Waals surface area contributed by atoms with E-state index in [4.69, 9.17) is 5.11 Å². The second kappa shape index (κ2) is 5.91. The van der Waals surface area contributed by atoms with E-state index in [9.17, 15) is 22.4 Å². The third-order valence-electron chi connectivity index (χ3n) is 3.76. The molecule has 0 aliphatic heterocycles. The van der Waals surface area contributed by atoms with Gasteiger partial charge in [0.2, 0.25) is 0 Å². The first-order chi connectivity index (χ1) is 9.77. The summed E-state index contributed by atoms with van der Waals surface area (Å²) >= 11 is 0. The van der Waals surface area contributed by atoms with E-state index in [1.165, 1.54) is 0 Å². The van der Waals surface area contributed by atoms with Crippen molar-refractivity contribution >= 4 is 11.7 Å². The van der Waals surface area contributed by atoms with Crippen LogP contribution in [-0.2, 0) is 0 Å². The van der Waals surface area contributed by atoms with Crippen LogP contribution in [0, 0.1) is 11.7 Å². The lowest BCUT2D eigenvalue weighted by Gasteiger charge is -2.31. The Balaban J connectivity index is 2.01. The fourth-order valence-corrected chi connectivity index (χ4v) is 2.55. The van der Waals surface area contributed by atoms with Crippen LogP contribution in [0.1, 0.15) is 36.0 Å². The van der Waals surface area contributed by atoms with Gasteiger partial charge in [-0.05, 0) is 43.9 Å². The summed E-state index contributed by atoms with van der Waals surface area (Å²) in [4.78, 5) is 10.8. The number of rotatable bonds is 3. The number of aromatic carboxylic acids is 1. The van der Waals surface area contributed by atoms with Crippen molar-refractivity contribution in [3.8, 4) is 0 Å². The van der Waals surface area contributed by atoms with Gasteiger partial charge in [-0.25, -0.2) is 9.18 Å². The summed E-state index contributed by atoms with van der Waals surface area (Å²) in [7, 11) is 0. The summed E-state index contributed by atoms with van der Waals surface area (Å²) < 4.78 is 51.3. The highest BCUT2D eigenvalue weighted by molar-refractivity contribution is 5.88. The standard InChI is InChI=1S/C14H15F4NO2/c15-11-6-1-8(13(20)21)7-12(11)19-10-4-2-9(3-5-10)14(16,17)18/h1,6-7,9-10,19H,2-5H2,(H,20,21). The highest BCUT2D eigenvalue weighted by atomic mass is 19.4. The van der Waals surface area contributed by atoms with E-state index in [1.54, 1.807) is 0 Å². The molecule has 7 heteroatoms. The number of carboxylic acids is 1. The average Bonchev–Trinajstić information content (AvgIpc) is 2.40. The van der Waals surface area contributed by atoms with Gasteiger partial charge < -0.3 is 10.4 Å². The molecule has 0 aromatic heterocycles. The van der Waals surface area contributed by atoms with Crippen molar-refractivity contribution in [2.75, 3.05) is 5.32 Å². The van der Waals surface area contributed by atoms with Crippen molar-refractivity contribution in [3.63, 3.8) is 0 Å². The second-order valence-electron chi connectivity index (χ2n) is 5.23. The van der Waals surface area contributed by atoms with Crippen LogP contribution in [0.3, 0.4) is 0 Å². The van der Waals surface area contributed by atoms with Crippen LogP contribution in [0.25, 0.3) is 0 Å². The van der Waals surface area contributed by atoms with Crippen LogP contribution in [0.5, 0.6) is 0 Å². The zero-order valence-corrected chi connectivity index (χ0v) is 11.1. The molecule has 0 unspecified atom stereocenters. The van der Waals surface area contributed by atoms with Crippen LogP contribution < -0.4 is 5.32 Å². The zero-order chi connectivity index (χ0) is 15.6. The minimum Gasteiger partial charge on any atom is -0.478 e. The van der Waals surface area contributed by atoms with Gasteiger partial charge in [-0.2, -0.15) is 13.2 Å². The van der Waals surface area contributed by atoms with Crippen LogP contribution in [0.4, 0.5) is 23.2 Å². The van der Waals surface area contributed by atoms with E-state index in [0.29, 0.717) is 0 Å². The first-order valence-corrected chi connectivity index (χ1v) is 6.63. The minimum atomic E-state index is -4.18. The number of hydrogen-bond acceptors (Lipinski definition) is 2. The summed E-state index contributed by atoms with van der Waals surface area (Å²) in [6.07, 6.45) is -3.62. The van der Waals surface area contributed by atoms with Crippen molar-refractivity contribution in [2.24, 2.45) is 5.92 Å². The maximum atomic E-state index is 13.6. The number of carboxylic acid groups (broad SMARTS) is 1. The maximum Gasteiger partial charge on any atom is 0.391 e. The Bertz CT molecular complexity index is 522. The summed E-state index contributed by atoms with van der Waals surface area (Å²) in [5, 5.41) is 11.7. The Morgan fingerprint density at radius 1 is 1.19 bits per heavy atom. The number of carbonyl (C=O) groups is 1. The van der Waals surface area contributed by atoms with Gasteiger partial charge in [0.1, 0.15) is 5.82 Å². The fourth-order valence-electron chi connectivity index (χ4n) is 2.55. The Labute approximate surface area is 119 Å². The van der Waals surface area contributed by atoms with Gasteiger partial charge in [0.05, 0.1) is 17.2 Å². The first-order valence-electron chi connectivity index (χ1n) is 6.63. The number of benzene rings is 1. The Morgan fingerprint density at radius 2 is 1.81 bits per heavy atom. The first kappa shape index (κ1) is 15.6. The van der Waals surface area contributed by atoms with Crippen LogP contribution in [0.2, 0.25) is 0 Å². The van der Waals surface area contributed by atoms with Crippen molar-refractivity contribution in [2.45, 2.75) is 37.9 Å². The lowest BCUT2D eigenvalue weighted by molar-refractivity contribution is -0.182. The van der Waals surface area contributed by atoms with Crippen molar-refractivity contribution in [1.82, 2.24) is 0 Å². The summed E-state index contributed by atoms with van der Waals surface area (Å²) in [5.41, 5.74) is -0.0479. The molecule has 1 aromatic carbocycles. The lowest BCUT2D eigenvalue weighted by atomic mass is 9.85. The summed E-state index contributed by atoms with van der Waals surface area (Å²) in [6, 6.07) is 3.06. The molecule has 1 aliphatic rings. The van der Waals surface area contributed by atoms with Gasteiger partial charge in [-0.3, -0.25) is 0 Å². The van der Waals surface area contributed by atoms with Gasteiger partial charge in [0.15, 0.2) is 0 Å². The van der Waals surface area contributed by atoms with Crippen LogP contribution >= 0.6 is 0 Å². The van der Waals surface area contributed by atoms with E-state index in [-0.39, 0.29) is 43.0 Å². The van der Waals surface area contributed by atoms with Gasteiger partial charge in [-0.15, -0.1) is 0 Å². The second-order valence-corrected chi connectivity index (χ2v) is 5.23. The number of nitrogens with one attached hydrogen (secondary N) is 1. The topological polar surface area (TPSA) is 49.3 Å². The molecule has 1 aromatic rings. The molecule has 0 atom stereocenters. The lowest BCUT2D eigenvalue weighted by Crippen LogP contribution is -2.33. The molecular weight excluding hydrogens is 290 g/mol. The average molecular weight is 305 g/mol. The SMILES string of the molecule is O=C(O)c1ccc(F)c(NC2CCC(C(F)(F)F)CC2)c1. The molecule has 116 valence electrons. The molecule has 1 saturated carbocycles. The van der Waals surface area contributed by atoms with E-state index < -0.39 is 23.9 Å². The predicted octanol–water partition coefficient (Wildman–Crippen LogP) is 4.06. The number of anilines is 1. The van der Waals surface area contributed by atoms with Crippen LogP contribution in [-0.4, -0.2) is 23.3 Å². The molecule has 0 saturated heterocycles. The number of halogens is 4. The molecule has 1 fully saturated rings. The molecular formula is C14H15F4NO2. The van der Waals surface area contributed by atoms with Crippen LogP contribution in [0.15, 0.2) is 18.2 Å². The highest BCUT2D eigenvalue weighted by Crippen LogP contribution is 2.38. The zero-order valence-electron chi connectivity index (χ0n) is 11.1. The molecule has 0 bridgehead atoms. The Morgan fingerprint density at radius 3 is 2.33 bits per heavy atom. The van der Waals surface area contributed by atoms with Gasteiger partial charge >= 0.3 is 12.1 Å². The molecule has 2 rings (SSSR count). The summed E-state index contributed by atoms with van der Waals surface area (Å²) in [5.74, 6) is -3.09. The minimum absolute atomic E-state index is 0.00140. The quantitative estimate of drug-likeness (QED) is 0.828. The smallest absolute Gasteiger partial charge is 0.391 e. The molecule has 21 heavy (non-hydrogen) atoms. The molecule has 0 amide bonds. The third-order valence-corrected chi connectivity index (χ3v) is 3.76. The molecule has 0 spiro atoms. The van der Waals surface area contributed by atoms with E-state index >= 15 is 0 Å². The van der Waals surface area contributed by atoms with E-state index in [1.807, 2.05) is 0 Å². The number of hydrogen-bond donors (Lipinski definition) is 2. The Kier molecular flexibility index (Phi) is 4.39. The highest BCUT2D eigenvalue weighted by Gasteiger charge is 2.41. The van der Waals surface area contributed by atoms with Gasteiger partial charge in [0, 0.05) is 6.04 Å². The Hall–Kier alpha value is -1.79. The number of alkyl halides is 3. The van der Waals surface area contributed by atoms with E-state index in [2.05, 4.69) is 5.32 Å². The molecule has 1 aliphatic carbocycles. The fraction of sp³-hybridized carbons (Fsp3) is 0.500. The largest absolute Gasteiger partial charge is 0.478 e. The predicted molar refractivity (Wildman–Crippen MR) is 68.8 cm³/mol. The van der Waals surface area contributed by atoms with Gasteiger partial charge in [0.25, 0.3) is 0 Å². The normalized spacial score (nSPS) is 22.9. The van der Waals surface area contributed by atoms with Crippen molar-refractivity contribution < 1.29 is 27.5 Å².